The van der Waals surface area contributed by atoms with E-state index in [9.17, 15) is 29.7 Å². The second-order valence-corrected chi connectivity index (χ2v) is 7.65. The molecule has 23 heavy (non-hydrogen) atoms. The van der Waals surface area contributed by atoms with Crippen LogP contribution in [0.2, 0.25) is 0 Å². The van der Waals surface area contributed by atoms with E-state index in [1.165, 1.54) is 11.8 Å². The van der Waals surface area contributed by atoms with Crippen LogP contribution in [0.1, 0.15) is 34.6 Å². The van der Waals surface area contributed by atoms with Crippen molar-refractivity contribution in [1.82, 2.24) is 0 Å². The van der Waals surface area contributed by atoms with Crippen molar-refractivity contribution in [3.8, 4) is 0 Å². The summed E-state index contributed by atoms with van der Waals surface area (Å²) < 4.78 is 0.607. The zero-order valence-electron chi connectivity index (χ0n) is 11.9. The Bertz CT molecular complexity index is 648. The molecule has 0 fully saturated rings. The third kappa shape index (κ3) is 4.07. The summed E-state index contributed by atoms with van der Waals surface area (Å²) in [5, 5.41) is 28.4. The predicted molar refractivity (Wildman–Crippen MR) is 108 cm³/mol. The Hall–Kier alpha value is -0.220. The second-order valence-electron chi connectivity index (χ2n) is 4.41. The average Bonchev–Trinajstić information content (AvgIpc) is 2.41. The number of carboxylic acid groups (broad SMARTS) is 2. The number of carbonyl (C=O) groups excluding carboxylic acids is 1. The number of carboxylic acids is 2. The van der Waals surface area contributed by atoms with E-state index in [1.54, 1.807) is 74.7 Å². The normalized spacial score (nSPS) is 11.9. The molecule has 1 atom stereocenters. The number of benzene rings is 1. The van der Waals surface area contributed by atoms with Crippen LogP contribution in [-0.2, 0) is 4.79 Å². The van der Waals surface area contributed by atoms with Gasteiger partial charge in [0.25, 0.3) is 5.91 Å². The molecule has 0 aromatic heterocycles. The summed E-state index contributed by atoms with van der Waals surface area (Å²) in [6.45, 7) is 3.12. The summed E-state index contributed by atoms with van der Waals surface area (Å²) >= 11 is 5.25. The highest BCUT2D eigenvalue weighted by Gasteiger charge is 2.32. The van der Waals surface area contributed by atoms with Gasteiger partial charge in [-0.15, -0.1) is 0 Å². The summed E-state index contributed by atoms with van der Waals surface area (Å²) in [4.78, 5) is 36.5. The van der Waals surface area contributed by atoms with E-state index in [0.717, 1.165) is 0 Å². The molecular weight excluding hydrogens is 647 g/mol. The lowest BCUT2D eigenvalue weighted by Gasteiger charge is -2.27. The van der Waals surface area contributed by atoms with Crippen LogP contribution in [0.25, 0.3) is 0 Å². The lowest BCUT2D eigenvalue weighted by Crippen LogP contribution is -2.39. The summed E-state index contributed by atoms with van der Waals surface area (Å²) in [5.41, 5.74) is -0.151. The Labute approximate surface area is 172 Å². The number of aliphatic hydroxyl groups excluding tert-OH is 1. The fourth-order valence-corrected chi connectivity index (χ4v) is 6.58. The number of nitrogens with zero attached hydrogens (tertiary/aromatic N) is 1. The van der Waals surface area contributed by atoms with Gasteiger partial charge in [0, 0.05) is 10.1 Å². The number of amides is 1. The van der Waals surface area contributed by atoms with E-state index in [2.05, 4.69) is 0 Å². The Morgan fingerprint density at radius 2 is 1.39 bits per heavy atom. The molecule has 0 bridgehead atoms. The van der Waals surface area contributed by atoms with Crippen molar-refractivity contribution in [3.05, 3.63) is 21.8 Å². The molecular formula is C13H12I3NO6. The smallest absolute Gasteiger partial charge is 0.337 e. The lowest BCUT2D eigenvalue weighted by atomic mass is 10.1. The van der Waals surface area contributed by atoms with E-state index < -0.39 is 23.9 Å². The molecule has 0 aliphatic carbocycles. The SMILES string of the molecule is CCN(C(=O)[C@H](C)O)c1c(I)c(C(=O)O)c(I)c(C(=O)O)c1I. The van der Waals surface area contributed by atoms with Crippen LogP contribution in [0.15, 0.2) is 0 Å². The number of aliphatic hydroxyl groups is 1. The van der Waals surface area contributed by atoms with Crippen molar-refractivity contribution in [3.63, 3.8) is 0 Å². The summed E-state index contributed by atoms with van der Waals surface area (Å²) in [5.74, 6) is -3.18. The van der Waals surface area contributed by atoms with Crippen LogP contribution in [0.3, 0.4) is 0 Å². The van der Waals surface area contributed by atoms with Crippen molar-refractivity contribution >= 4 is 91.3 Å². The number of carbonyl (C=O) groups is 3. The highest BCUT2D eigenvalue weighted by Crippen LogP contribution is 2.38. The zero-order valence-corrected chi connectivity index (χ0v) is 18.4. The molecule has 0 spiro atoms. The van der Waals surface area contributed by atoms with Crippen LogP contribution in [0, 0.1) is 10.7 Å². The Balaban J connectivity index is 3.88. The van der Waals surface area contributed by atoms with Crippen molar-refractivity contribution in [2.24, 2.45) is 0 Å². The van der Waals surface area contributed by atoms with E-state index in [-0.39, 0.29) is 34.1 Å². The summed E-state index contributed by atoms with van der Waals surface area (Å²) in [7, 11) is 0. The largest absolute Gasteiger partial charge is 0.478 e. The minimum atomic E-state index is -1.29. The average molecular weight is 659 g/mol. The van der Waals surface area contributed by atoms with Gasteiger partial charge in [0.15, 0.2) is 0 Å². The van der Waals surface area contributed by atoms with Crippen LogP contribution in [-0.4, -0.2) is 45.8 Å². The van der Waals surface area contributed by atoms with Gasteiger partial charge in [-0.1, -0.05) is 0 Å². The van der Waals surface area contributed by atoms with Crippen LogP contribution in [0.4, 0.5) is 5.69 Å². The predicted octanol–water partition coefficient (Wildman–Crippen LogP) is 2.63. The van der Waals surface area contributed by atoms with E-state index in [1.807, 2.05) is 0 Å². The molecule has 0 aliphatic rings. The van der Waals surface area contributed by atoms with Crippen molar-refractivity contribution in [2.75, 3.05) is 11.4 Å². The maximum Gasteiger partial charge on any atom is 0.337 e. The quantitative estimate of drug-likeness (QED) is 0.420. The van der Waals surface area contributed by atoms with Gasteiger partial charge in [0.2, 0.25) is 0 Å². The van der Waals surface area contributed by atoms with E-state index in [4.69, 9.17) is 0 Å². The van der Waals surface area contributed by atoms with Gasteiger partial charge < -0.3 is 20.2 Å². The number of halogens is 3. The van der Waals surface area contributed by atoms with Gasteiger partial charge in [-0.25, -0.2) is 9.59 Å². The third-order valence-corrected chi connectivity index (χ3v) is 6.11. The molecule has 1 aromatic rings. The molecule has 0 saturated heterocycles. The molecule has 0 aliphatic heterocycles. The fourth-order valence-electron chi connectivity index (χ4n) is 1.91. The molecule has 7 nitrogen and oxygen atoms in total. The van der Waals surface area contributed by atoms with Gasteiger partial charge >= 0.3 is 11.9 Å². The fraction of sp³-hybridized carbons (Fsp3) is 0.308. The first kappa shape index (κ1) is 20.8. The van der Waals surface area contributed by atoms with Gasteiger partial charge in [0.05, 0.1) is 24.0 Å². The van der Waals surface area contributed by atoms with Gasteiger partial charge in [0.1, 0.15) is 6.10 Å². The molecule has 10 heteroatoms. The standard InChI is InChI=1S/C13H12I3NO6/c1-3-17(11(19)4(2)18)10-8(15)5(12(20)21)7(14)6(9(10)16)13(22)23/h4,18H,3H2,1-2H3,(H,20,21)(H,22,23)/t4-/m0/s1. The van der Waals surface area contributed by atoms with Crippen molar-refractivity contribution in [2.45, 2.75) is 20.0 Å². The topological polar surface area (TPSA) is 115 Å². The number of hydrogen-bond acceptors (Lipinski definition) is 4. The molecule has 3 N–H and O–H groups in total. The molecule has 126 valence electrons. The second kappa shape index (κ2) is 8.24. The van der Waals surface area contributed by atoms with Gasteiger partial charge in [-0.3, -0.25) is 4.79 Å². The number of hydrogen-bond donors (Lipinski definition) is 3. The maximum absolute atomic E-state index is 12.2. The Morgan fingerprint density at radius 3 is 1.65 bits per heavy atom. The zero-order chi connectivity index (χ0) is 18.1. The molecule has 0 heterocycles. The first-order chi connectivity index (χ1) is 10.6. The highest BCUT2D eigenvalue weighted by molar-refractivity contribution is 14.1. The van der Waals surface area contributed by atoms with Crippen LogP contribution >= 0.6 is 67.8 Å². The molecule has 0 saturated carbocycles. The summed E-state index contributed by atoms with van der Waals surface area (Å²) in [6.07, 6.45) is -1.29. The molecule has 0 radical (unpaired) electrons. The molecule has 1 amide bonds. The minimum absolute atomic E-state index is 0.0979. The van der Waals surface area contributed by atoms with Gasteiger partial charge in [-0.2, -0.15) is 0 Å². The molecule has 0 unspecified atom stereocenters. The minimum Gasteiger partial charge on any atom is -0.478 e. The number of aromatic carboxylic acids is 2. The highest BCUT2D eigenvalue weighted by atomic mass is 127. The van der Waals surface area contributed by atoms with E-state index in [0.29, 0.717) is 0 Å². The Morgan fingerprint density at radius 1 is 1.00 bits per heavy atom. The van der Waals surface area contributed by atoms with Crippen molar-refractivity contribution in [1.29, 1.82) is 0 Å². The lowest BCUT2D eigenvalue weighted by molar-refractivity contribution is -0.125. The first-order valence-corrected chi connectivity index (χ1v) is 9.46. The maximum atomic E-state index is 12.2. The first-order valence-electron chi connectivity index (χ1n) is 6.22. The number of likely N-dealkylation sites (N-methyl/N-ethyl adjacent to an activating group) is 1. The Kier molecular flexibility index (Phi) is 7.46. The monoisotopic (exact) mass is 659 g/mol. The number of rotatable bonds is 5. The summed E-state index contributed by atoms with van der Waals surface area (Å²) in [6, 6.07) is 0. The molecule has 1 rings (SSSR count). The molecule has 1 aromatic carbocycles. The number of anilines is 1. The third-order valence-electron chi connectivity index (χ3n) is 2.93. The van der Waals surface area contributed by atoms with Crippen LogP contribution in [0.5, 0.6) is 0 Å². The van der Waals surface area contributed by atoms with E-state index >= 15 is 0 Å². The van der Waals surface area contributed by atoms with Crippen LogP contribution < -0.4 is 4.90 Å². The van der Waals surface area contributed by atoms with Crippen molar-refractivity contribution < 1.29 is 29.7 Å². The van der Waals surface area contributed by atoms with Gasteiger partial charge in [-0.05, 0) is 81.6 Å².